The molecule has 0 spiro atoms. The van der Waals surface area contributed by atoms with Crippen LogP contribution >= 0.6 is 0 Å². The molecule has 0 bridgehead atoms. The first kappa shape index (κ1) is 15.0. The van der Waals surface area contributed by atoms with Gasteiger partial charge >= 0.3 is 0 Å². The molecule has 1 aliphatic heterocycles. The van der Waals surface area contributed by atoms with Crippen molar-refractivity contribution in [3.05, 3.63) is 11.9 Å². The van der Waals surface area contributed by atoms with Gasteiger partial charge in [-0.15, -0.1) is 0 Å². The van der Waals surface area contributed by atoms with Crippen LogP contribution in [0.15, 0.2) is 6.07 Å². The standard InChI is InChI=1S/C13H22N4O2S/c1-3-5-14-12-10-13(16-11(2)15-12)17-6-4-8-20(18,19)9-7-17/h10H,3-9H2,1-2H3,(H,14,15,16). The van der Waals surface area contributed by atoms with Gasteiger partial charge in [-0.1, -0.05) is 6.92 Å². The molecule has 1 fully saturated rings. The lowest BCUT2D eigenvalue weighted by molar-refractivity contribution is 0.597. The Balaban J connectivity index is 2.17. The Bertz CT molecular complexity index is 559. The van der Waals surface area contributed by atoms with E-state index in [0.29, 0.717) is 18.8 Å². The first-order valence-electron chi connectivity index (χ1n) is 7.05. The van der Waals surface area contributed by atoms with Crippen molar-refractivity contribution in [3.63, 3.8) is 0 Å². The zero-order valence-electron chi connectivity index (χ0n) is 12.1. The summed E-state index contributed by atoms with van der Waals surface area (Å²) in [7, 11) is -2.90. The Kier molecular flexibility index (Phi) is 4.80. The lowest BCUT2D eigenvalue weighted by Crippen LogP contribution is -2.28. The predicted octanol–water partition coefficient (Wildman–Crippen LogP) is 1.23. The lowest BCUT2D eigenvalue weighted by atomic mass is 10.3. The molecular formula is C13H22N4O2S. The molecule has 0 saturated carbocycles. The molecular weight excluding hydrogens is 276 g/mol. The van der Waals surface area contributed by atoms with Crippen molar-refractivity contribution in [2.24, 2.45) is 0 Å². The number of hydrogen-bond acceptors (Lipinski definition) is 6. The lowest BCUT2D eigenvalue weighted by Gasteiger charge is -2.21. The second kappa shape index (κ2) is 6.39. The molecule has 1 saturated heterocycles. The van der Waals surface area contributed by atoms with Gasteiger partial charge in [0.2, 0.25) is 0 Å². The van der Waals surface area contributed by atoms with Crippen LogP contribution in [0.25, 0.3) is 0 Å². The summed E-state index contributed by atoms with van der Waals surface area (Å²) in [5, 5.41) is 3.25. The first-order valence-corrected chi connectivity index (χ1v) is 8.87. The number of nitrogens with zero attached hydrogens (tertiary/aromatic N) is 3. The fourth-order valence-electron chi connectivity index (χ4n) is 2.23. The fraction of sp³-hybridized carbons (Fsp3) is 0.692. The van der Waals surface area contributed by atoms with E-state index in [4.69, 9.17) is 0 Å². The van der Waals surface area contributed by atoms with E-state index in [0.717, 1.165) is 31.1 Å². The van der Waals surface area contributed by atoms with Crippen LogP contribution in [-0.2, 0) is 9.84 Å². The van der Waals surface area contributed by atoms with Crippen LogP contribution in [0.2, 0.25) is 0 Å². The number of hydrogen-bond donors (Lipinski definition) is 1. The monoisotopic (exact) mass is 298 g/mol. The SMILES string of the molecule is CCCNc1cc(N2CCCS(=O)(=O)CC2)nc(C)n1. The van der Waals surface area contributed by atoms with E-state index in [1.165, 1.54) is 0 Å². The van der Waals surface area contributed by atoms with E-state index >= 15 is 0 Å². The zero-order valence-corrected chi connectivity index (χ0v) is 12.9. The fourth-order valence-corrected chi connectivity index (χ4v) is 3.50. The molecule has 112 valence electrons. The van der Waals surface area contributed by atoms with Gasteiger partial charge in [0.05, 0.1) is 11.5 Å². The topological polar surface area (TPSA) is 75.2 Å². The maximum absolute atomic E-state index is 11.7. The Morgan fingerprint density at radius 1 is 1.30 bits per heavy atom. The second-order valence-corrected chi connectivity index (χ2v) is 7.38. The molecule has 20 heavy (non-hydrogen) atoms. The van der Waals surface area contributed by atoms with Gasteiger partial charge in [-0.25, -0.2) is 18.4 Å². The Morgan fingerprint density at radius 2 is 2.10 bits per heavy atom. The molecule has 0 unspecified atom stereocenters. The number of nitrogens with one attached hydrogen (secondary N) is 1. The van der Waals surface area contributed by atoms with Crippen LogP contribution < -0.4 is 10.2 Å². The van der Waals surface area contributed by atoms with E-state index < -0.39 is 9.84 Å². The highest BCUT2D eigenvalue weighted by molar-refractivity contribution is 7.91. The highest BCUT2D eigenvalue weighted by atomic mass is 32.2. The number of sulfone groups is 1. The molecule has 6 nitrogen and oxygen atoms in total. The van der Waals surface area contributed by atoms with E-state index in [2.05, 4.69) is 22.2 Å². The minimum atomic E-state index is -2.90. The second-order valence-electron chi connectivity index (χ2n) is 5.08. The third-order valence-electron chi connectivity index (χ3n) is 3.26. The van der Waals surface area contributed by atoms with Gasteiger partial charge < -0.3 is 10.2 Å². The summed E-state index contributed by atoms with van der Waals surface area (Å²) < 4.78 is 23.3. The average molecular weight is 298 g/mol. The molecule has 1 aliphatic rings. The third-order valence-corrected chi connectivity index (χ3v) is 4.98. The van der Waals surface area contributed by atoms with Crippen molar-refractivity contribution in [1.82, 2.24) is 9.97 Å². The van der Waals surface area contributed by atoms with Gasteiger partial charge in [0.1, 0.15) is 17.5 Å². The first-order chi connectivity index (χ1) is 9.50. The quantitative estimate of drug-likeness (QED) is 0.901. The molecule has 2 rings (SSSR count). The van der Waals surface area contributed by atoms with E-state index in [1.807, 2.05) is 17.9 Å². The van der Waals surface area contributed by atoms with E-state index in [1.54, 1.807) is 0 Å². The third kappa shape index (κ3) is 4.06. The molecule has 2 heterocycles. The maximum atomic E-state index is 11.7. The summed E-state index contributed by atoms with van der Waals surface area (Å²) >= 11 is 0. The summed E-state index contributed by atoms with van der Waals surface area (Å²) in [5.74, 6) is 2.80. The Hall–Kier alpha value is -1.37. The zero-order chi connectivity index (χ0) is 14.6. The van der Waals surface area contributed by atoms with Crippen LogP contribution in [0.3, 0.4) is 0 Å². The molecule has 0 aromatic carbocycles. The summed E-state index contributed by atoms with van der Waals surface area (Å²) in [5.41, 5.74) is 0. The smallest absolute Gasteiger partial charge is 0.152 e. The number of anilines is 2. The Morgan fingerprint density at radius 3 is 2.85 bits per heavy atom. The van der Waals surface area contributed by atoms with Crippen molar-refractivity contribution in [2.45, 2.75) is 26.7 Å². The maximum Gasteiger partial charge on any atom is 0.152 e. The largest absolute Gasteiger partial charge is 0.370 e. The minimum Gasteiger partial charge on any atom is -0.370 e. The van der Waals surface area contributed by atoms with Crippen LogP contribution in [0.4, 0.5) is 11.6 Å². The van der Waals surface area contributed by atoms with E-state index in [-0.39, 0.29) is 11.5 Å². The molecule has 0 radical (unpaired) electrons. The molecule has 7 heteroatoms. The molecule has 1 aromatic rings. The number of rotatable bonds is 4. The van der Waals surface area contributed by atoms with Crippen LogP contribution in [0.5, 0.6) is 0 Å². The molecule has 1 N–H and O–H groups in total. The van der Waals surface area contributed by atoms with Gasteiger partial charge in [0.25, 0.3) is 0 Å². The van der Waals surface area contributed by atoms with Gasteiger partial charge in [0.15, 0.2) is 9.84 Å². The minimum absolute atomic E-state index is 0.202. The van der Waals surface area contributed by atoms with Crippen molar-refractivity contribution in [3.8, 4) is 0 Å². The predicted molar refractivity (Wildman–Crippen MR) is 81.0 cm³/mol. The van der Waals surface area contributed by atoms with E-state index in [9.17, 15) is 8.42 Å². The summed E-state index contributed by atoms with van der Waals surface area (Å²) in [6.07, 6.45) is 1.68. The van der Waals surface area contributed by atoms with Gasteiger partial charge in [0, 0.05) is 25.7 Å². The van der Waals surface area contributed by atoms with Crippen LogP contribution in [0.1, 0.15) is 25.6 Å². The van der Waals surface area contributed by atoms with Crippen LogP contribution in [0, 0.1) is 6.92 Å². The summed E-state index contributed by atoms with van der Waals surface area (Å²) in [6, 6.07) is 1.90. The van der Waals surface area contributed by atoms with Crippen LogP contribution in [-0.4, -0.2) is 49.5 Å². The summed E-state index contributed by atoms with van der Waals surface area (Å²) in [6.45, 7) is 6.05. The molecule has 1 aromatic heterocycles. The average Bonchev–Trinajstić information content (AvgIpc) is 2.57. The highest BCUT2D eigenvalue weighted by Crippen LogP contribution is 2.18. The van der Waals surface area contributed by atoms with Gasteiger partial charge in [-0.3, -0.25) is 0 Å². The van der Waals surface area contributed by atoms with Gasteiger partial charge in [-0.2, -0.15) is 0 Å². The normalized spacial score (nSPS) is 18.6. The summed E-state index contributed by atoms with van der Waals surface area (Å²) in [4.78, 5) is 10.8. The number of aryl methyl sites for hydroxylation is 1. The highest BCUT2D eigenvalue weighted by Gasteiger charge is 2.20. The molecule has 0 atom stereocenters. The molecule has 0 aliphatic carbocycles. The van der Waals surface area contributed by atoms with Crippen molar-refractivity contribution in [1.29, 1.82) is 0 Å². The van der Waals surface area contributed by atoms with Crippen molar-refractivity contribution >= 4 is 21.5 Å². The van der Waals surface area contributed by atoms with Crippen molar-refractivity contribution in [2.75, 3.05) is 41.4 Å². The number of aromatic nitrogens is 2. The van der Waals surface area contributed by atoms with Gasteiger partial charge in [-0.05, 0) is 19.8 Å². The molecule has 0 amide bonds. The Labute approximate surface area is 120 Å². The van der Waals surface area contributed by atoms with Crippen molar-refractivity contribution < 1.29 is 8.42 Å².